The molecule has 96 valence electrons. The van der Waals surface area contributed by atoms with Crippen LogP contribution in [0.4, 0.5) is 0 Å². The fourth-order valence-electron chi connectivity index (χ4n) is 1.85. The molecule has 0 saturated heterocycles. The Morgan fingerprint density at radius 2 is 2.11 bits per heavy atom. The van der Waals surface area contributed by atoms with Crippen LogP contribution in [-0.2, 0) is 0 Å². The Morgan fingerprint density at radius 1 is 1.37 bits per heavy atom. The van der Waals surface area contributed by atoms with Crippen LogP contribution in [0.1, 0.15) is 11.1 Å². The van der Waals surface area contributed by atoms with Gasteiger partial charge in [-0.3, -0.25) is 4.79 Å². The summed E-state index contributed by atoms with van der Waals surface area (Å²) in [5.74, 6) is 0.198. The molecule has 0 fully saturated rings. The highest BCUT2D eigenvalue weighted by atomic mass is 16.5. The van der Waals surface area contributed by atoms with Crippen LogP contribution in [0.5, 0.6) is 11.6 Å². The molecule has 5 nitrogen and oxygen atoms in total. The van der Waals surface area contributed by atoms with Gasteiger partial charge in [-0.05, 0) is 24.6 Å². The second kappa shape index (κ2) is 4.86. The lowest BCUT2D eigenvalue weighted by atomic mass is 10.1. The minimum atomic E-state index is -0.401. The second-order valence-corrected chi connectivity index (χ2v) is 4.01. The van der Waals surface area contributed by atoms with Crippen molar-refractivity contribution in [3.8, 4) is 23.4 Å². The van der Waals surface area contributed by atoms with Crippen molar-refractivity contribution in [2.75, 3.05) is 7.11 Å². The van der Waals surface area contributed by atoms with E-state index in [2.05, 4.69) is 0 Å². The lowest BCUT2D eigenvalue weighted by Gasteiger charge is -2.11. The minimum absolute atomic E-state index is 0.0856. The predicted molar refractivity (Wildman–Crippen MR) is 69.7 cm³/mol. The summed E-state index contributed by atoms with van der Waals surface area (Å²) < 4.78 is 6.15. The number of aromatic nitrogens is 1. The number of rotatable bonds is 2. The van der Waals surface area contributed by atoms with Gasteiger partial charge in [-0.1, -0.05) is 6.07 Å². The van der Waals surface area contributed by atoms with Crippen molar-refractivity contribution in [1.82, 2.24) is 4.57 Å². The average Bonchev–Trinajstić information content (AvgIpc) is 2.39. The first kappa shape index (κ1) is 12.7. The molecule has 0 atom stereocenters. The maximum Gasteiger partial charge on any atom is 0.258 e. The van der Waals surface area contributed by atoms with Gasteiger partial charge in [-0.2, -0.15) is 5.26 Å². The lowest BCUT2D eigenvalue weighted by Crippen LogP contribution is -2.19. The number of nitriles is 1. The predicted octanol–water partition coefficient (Wildman–Crippen LogP) is 1.73. The molecule has 19 heavy (non-hydrogen) atoms. The third-order valence-electron chi connectivity index (χ3n) is 2.81. The Kier molecular flexibility index (Phi) is 3.25. The summed E-state index contributed by atoms with van der Waals surface area (Å²) in [6.45, 7) is 1.61. The van der Waals surface area contributed by atoms with Crippen LogP contribution < -0.4 is 10.3 Å². The third-order valence-corrected chi connectivity index (χ3v) is 2.81. The molecule has 0 bridgehead atoms. The first-order valence-corrected chi connectivity index (χ1v) is 5.58. The van der Waals surface area contributed by atoms with Crippen molar-refractivity contribution in [3.63, 3.8) is 0 Å². The Bertz CT molecular complexity index is 726. The molecule has 1 aromatic heterocycles. The minimum Gasteiger partial charge on any atom is -0.497 e. The zero-order valence-corrected chi connectivity index (χ0v) is 10.5. The zero-order valence-electron chi connectivity index (χ0n) is 10.5. The summed E-state index contributed by atoms with van der Waals surface area (Å²) in [6, 6.07) is 9.89. The summed E-state index contributed by atoms with van der Waals surface area (Å²) in [4.78, 5) is 12.0. The van der Waals surface area contributed by atoms with Gasteiger partial charge in [0.1, 0.15) is 17.4 Å². The molecule has 0 aliphatic rings. The number of pyridine rings is 1. The van der Waals surface area contributed by atoms with Gasteiger partial charge in [0.25, 0.3) is 5.56 Å². The largest absolute Gasteiger partial charge is 0.497 e. The average molecular weight is 256 g/mol. The number of aryl methyl sites for hydroxylation is 1. The van der Waals surface area contributed by atoms with Crippen molar-refractivity contribution < 1.29 is 9.84 Å². The van der Waals surface area contributed by atoms with E-state index in [1.54, 1.807) is 31.2 Å². The highest BCUT2D eigenvalue weighted by Gasteiger charge is 2.14. The smallest absolute Gasteiger partial charge is 0.258 e. The van der Waals surface area contributed by atoms with E-state index in [1.165, 1.54) is 13.2 Å². The Balaban J connectivity index is 2.76. The van der Waals surface area contributed by atoms with E-state index in [-0.39, 0.29) is 11.4 Å². The topological polar surface area (TPSA) is 75.2 Å². The highest BCUT2D eigenvalue weighted by molar-refractivity contribution is 5.50. The Labute approximate surface area is 109 Å². The molecule has 0 amide bonds. The molecule has 0 saturated carbocycles. The Morgan fingerprint density at radius 3 is 2.74 bits per heavy atom. The van der Waals surface area contributed by atoms with Crippen LogP contribution in [0.25, 0.3) is 5.69 Å². The van der Waals surface area contributed by atoms with Crippen molar-refractivity contribution in [2.24, 2.45) is 0 Å². The summed E-state index contributed by atoms with van der Waals surface area (Å²) in [5, 5.41) is 19.1. The van der Waals surface area contributed by atoms with Crippen LogP contribution in [-0.4, -0.2) is 16.8 Å². The van der Waals surface area contributed by atoms with Crippen LogP contribution in [0.2, 0.25) is 0 Å². The molecule has 1 aromatic carbocycles. The number of nitrogens with zero attached hydrogens (tertiary/aromatic N) is 2. The molecule has 0 aliphatic carbocycles. The van der Waals surface area contributed by atoms with Crippen LogP contribution >= 0.6 is 0 Å². The monoisotopic (exact) mass is 256 g/mol. The van der Waals surface area contributed by atoms with E-state index in [4.69, 9.17) is 10.00 Å². The number of hydrogen-bond acceptors (Lipinski definition) is 4. The van der Waals surface area contributed by atoms with E-state index in [9.17, 15) is 9.90 Å². The number of aromatic hydroxyl groups is 1. The highest BCUT2D eigenvalue weighted by Crippen LogP contribution is 2.23. The Hall–Kier alpha value is -2.74. The number of hydrogen-bond donors (Lipinski definition) is 1. The molecule has 0 spiro atoms. The van der Waals surface area contributed by atoms with E-state index in [0.717, 1.165) is 4.57 Å². The molecule has 0 aliphatic heterocycles. The molecular formula is C14H12N2O3. The zero-order chi connectivity index (χ0) is 14.0. The van der Waals surface area contributed by atoms with Gasteiger partial charge in [0.15, 0.2) is 0 Å². The number of benzene rings is 1. The van der Waals surface area contributed by atoms with Crippen molar-refractivity contribution in [2.45, 2.75) is 6.92 Å². The molecule has 1 heterocycles. The van der Waals surface area contributed by atoms with Gasteiger partial charge < -0.3 is 9.84 Å². The van der Waals surface area contributed by atoms with E-state index < -0.39 is 5.56 Å². The van der Waals surface area contributed by atoms with Crippen LogP contribution in [0, 0.1) is 18.3 Å². The number of methoxy groups -OCH3 is 1. The summed E-state index contributed by atoms with van der Waals surface area (Å²) in [5.41, 5.74) is 0.576. The van der Waals surface area contributed by atoms with Crippen molar-refractivity contribution in [3.05, 3.63) is 51.8 Å². The standard InChI is InChI=1S/C14H12N2O3/c1-9-6-13(17)16(14(18)12(9)8-15)10-4-3-5-11(7-10)19-2/h3-7,18H,1-2H3. The van der Waals surface area contributed by atoms with Crippen LogP contribution in [0.3, 0.4) is 0 Å². The molecule has 0 radical (unpaired) electrons. The van der Waals surface area contributed by atoms with E-state index in [1.807, 2.05) is 6.07 Å². The van der Waals surface area contributed by atoms with Gasteiger partial charge in [-0.25, -0.2) is 4.57 Å². The molecule has 5 heteroatoms. The quantitative estimate of drug-likeness (QED) is 0.887. The van der Waals surface area contributed by atoms with Crippen molar-refractivity contribution >= 4 is 0 Å². The molecule has 2 aromatic rings. The SMILES string of the molecule is COc1cccc(-n2c(O)c(C#N)c(C)cc2=O)c1. The first-order chi connectivity index (χ1) is 9.08. The molecule has 0 unspecified atom stereocenters. The first-order valence-electron chi connectivity index (χ1n) is 5.58. The van der Waals surface area contributed by atoms with Gasteiger partial charge in [0, 0.05) is 12.1 Å². The molecular weight excluding hydrogens is 244 g/mol. The summed E-state index contributed by atoms with van der Waals surface area (Å²) in [6.07, 6.45) is 0. The molecule has 1 N–H and O–H groups in total. The van der Waals surface area contributed by atoms with E-state index in [0.29, 0.717) is 17.0 Å². The lowest BCUT2D eigenvalue weighted by molar-refractivity contribution is 0.413. The third kappa shape index (κ3) is 2.16. The summed E-state index contributed by atoms with van der Waals surface area (Å²) >= 11 is 0. The fraction of sp³-hybridized carbons (Fsp3) is 0.143. The van der Waals surface area contributed by atoms with E-state index >= 15 is 0 Å². The maximum atomic E-state index is 12.0. The second-order valence-electron chi connectivity index (χ2n) is 4.01. The molecule has 2 rings (SSSR count). The van der Waals surface area contributed by atoms with Crippen LogP contribution in [0.15, 0.2) is 35.1 Å². The normalized spacial score (nSPS) is 9.95. The maximum absolute atomic E-state index is 12.0. The number of ether oxygens (including phenoxy) is 1. The van der Waals surface area contributed by atoms with Gasteiger partial charge in [-0.15, -0.1) is 0 Å². The van der Waals surface area contributed by atoms with Crippen molar-refractivity contribution in [1.29, 1.82) is 5.26 Å². The van der Waals surface area contributed by atoms with Gasteiger partial charge in [0.2, 0.25) is 5.88 Å². The van der Waals surface area contributed by atoms with Gasteiger partial charge >= 0.3 is 0 Å². The fourth-order valence-corrected chi connectivity index (χ4v) is 1.85. The van der Waals surface area contributed by atoms with Gasteiger partial charge in [0.05, 0.1) is 12.8 Å². The summed E-state index contributed by atoms with van der Waals surface area (Å²) in [7, 11) is 1.51.